The number of rotatable bonds is 4. The fourth-order valence-corrected chi connectivity index (χ4v) is 1.66. The molecular formula is C10H12IN3O2. The average molecular weight is 333 g/mol. The molecule has 86 valence electrons. The molecule has 6 heteroatoms. The lowest BCUT2D eigenvalue weighted by atomic mass is 9.99. The van der Waals surface area contributed by atoms with E-state index in [2.05, 4.69) is 22.6 Å². The van der Waals surface area contributed by atoms with Crippen molar-refractivity contribution in [3.63, 3.8) is 0 Å². The first kappa shape index (κ1) is 13.1. The molecule has 0 fully saturated rings. The molecule has 0 saturated heterocycles. The zero-order chi connectivity index (χ0) is 12.3. The molecule has 0 aliphatic rings. The molecule has 16 heavy (non-hydrogen) atoms. The molecule has 0 aromatic heterocycles. The van der Waals surface area contributed by atoms with Gasteiger partial charge in [-0.15, -0.1) is 0 Å². The number of primary amides is 1. The Hall–Kier alpha value is -0.990. The highest BCUT2D eigenvalue weighted by molar-refractivity contribution is 14.1. The van der Waals surface area contributed by atoms with Gasteiger partial charge in [0.15, 0.2) is 11.4 Å². The standard InChI is InChI=1S/C10H12IN3O2/c11-7-3-1-2-6(4-7)8(15)5-10(13,14)9(12)16/h1-4H,5,13-14H2,(H2,12,16)/i11+0. The number of halogens is 1. The molecule has 5 nitrogen and oxygen atoms in total. The van der Waals surface area contributed by atoms with E-state index in [1.807, 2.05) is 6.07 Å². The Kier molecular flexibility index (Phi) is 4.00. The van der Waals surface area contributed by atoms with Crippen molar-refractivity contribution in [2.24, 2.45) is 17.2 Å². The van der Waals surface area contributed by atoms with Gasteiger partial charge in [-0.2, -0.15) is 0 Å². The van der Waals surface area contributed by atoms with Crippen LogP contribution in [0.25, 0.3) is 0 Å². The first-order chi connectivity index (χ1) is 7.33. The zero-order valence-corrected chi connectivity index (χ0v) is 10.6. The summed E-state index contributed by atoms with van der Waals surface area (Å²) in [5.74, 6) is -1.20. The summed E-state index contributed by atoms with van der Waals surface area (Å²) in [6.07, 6.45) is -0.303. The summed E-state index contributed by atoms with van der Waals surface area (Å²) in [5.41, 5.74) is 14.5. The summed E-state index contributed by atoms with van der Waals surface area (Å²) >= 11 is 2.08. The van der Waals surface area contributed by atoms with Crippen molar-refractivity contribution in [1.29, 1.82) is 0 Å². The van der Waals surface area contributed by atoms with E-state index in [0.717, 1.165) is 3.57 Å². The Morgan fingerprint density at radius 3 is 2.44 bits per heavy atom. The Bertz CT molecular complexity index is 432. The number of benzene rings is 1. The van der Waals surface area contributed by atoms with E-state index in [-0.39, 0.29) is 12.2 Å². The fraction of sp³-hybridized carbons (Fsp3) is 0.200. The van der Waals surface area contributed by atoms with Crippen LogP contribution in [0.3, 0.4) is 0 Å². The van der Waals surface area contributed by atoms with Crippen molar-refractivity contribution in [2.45, 2.75) is 12.1 Å². The van der Waals surface area contributed by atoms with Gasteiger partial charge in [0, 0.05) is 9.13 Å². The van der Waals surface area contributed by atoms with Gasteiger partial charge in [0.25, 0.3) is 5.91 Å². The Morgan fingerprint density at radius 2 is 1.94 bits per heavy atom. The molecule has 0 saturated carbocycles. The number of nitrogens with two attached hydrogens (primary N) is 3. The summed E-state index contributed by atoms with van der Waals surface area (Å²) < 4.78 is 0.919. The number of Topliss-reactive ketones (excluding diaryl/α,β-unsaturated/α-hetero) is 1. The van der Waals surface area contributed by atoms with E-state index in [9.17, 15) is 9.59 Å². The monoisotopic (exact) mass is 333 g/mol. The van der Waals surface area contributed by atoms with Gasteiger partial charge in [-0.3, -0.25) is 9.59 Å². The molecule has 1 aromatic rings. The highest BCUT2D eigenvalue weighted by atomic mass is 127. The van der Waals surface area contributed by atoms with Gasteiger partial charge in [-0.25, -0.2) is 0 Å². The lowest BCUT2D eigenvalue weighted by Gasteiger charge is -2.19. The van der Waals surface area contributed by atoms with Crippen molar-refractivity contribution < 1.29 is 9.59 Å². The van der Waals surface area contributed by atoms with E-state index in [1.165, 1.54) is 0 Å². The minimum absolute atomic E-state index is 0.303. The van der Waals surface area contributed by atoms with E-state index in [4.69, 9.17) is 17.2 Å². The third kappa shape index (κ3) is 3.26. The van der Waals surface area contributed by atoms with Gasteiger partial charge in [0.1, 0.15) is 0 Å². The van der Waals surface area contributed by atoms with Crippen molar-refractivity contribution in [3.8, 4) is 0 Å². The maximum atomic E-state index is 11.7. The Balaban J connectivity index is 2.85. The first-order valence-corrected chi connectivity index (χ1v) is 5.57. The normalized spacial score (nSPS) is 11.2. The Morgan fingerprint density at radius 1 is 1.31 bits per heavy atom. The van der Waals surface area contributed by atoms with Crippen LogP contribution in [0.1, 0.15) is 16.8 Å². The lowest BCUT2D eigenvalue weighted by molar-refractivity contribution is -0.122. The van der Waals surface area contributed by atoms with Gasteiger partial charge in [0.2, 0.25) is 0 Å². The van der Waals surface area contributed by atoms with Crippen LogP contribution in [0.4, 0.5) is 0 Å². The second-order valence-electron chi connectivity index (χ2n) is 3.51. The third-order valence-electron chi connectivity index (χ3n) is 2.06. The topological polar surface area (TPSA) is 112 Å². The van der Waals surface area contributed by atoms with E-state index >= 15 is 0 Å². The number of ketones is 1. The van der Waals surface area contributed by atoms with Gasteiger partial charge >= 0.3 is 0 Å². The van der Waals surface area contributed by atoms with Gasteiger partial charge in [0.05, 0.1) is 6.42 Å². The van der Waals surface area contributed by atoms with E-state index in [0.29, 0.717) is 5.56 Å². The molecule has 0 bridgehead atoms. The van der Waals surface area contributed by atoms with Crippen LogP contribution in [0, 0.1) is 3.57 Å². The molecule has 0 radical (unpaired) electrons. The predicted octanol–water partition coefficient (Wildman–Crippen LogP) is -0.0370. The zero-order valence-electron chi connectivity index (χ0n) is 8.44. The quantitative estimate of drug-likeness (QED) is 0.408. The van der Waals surface area contributed by atoms with Crippen molar-refractivity contribution in [1.82, 2.24) is 0 Å². The highest BCUT2D eigenvalue weighted by Crippen LogP contribution is 2.12. The van der Waals surface area contributed by atoms with Crippen LogP contribution in [-0.2, 0) is 4.79 Å². The summed E-state index contributed by atoms with van der Waals surface area (Å²) in [5, 5.41) is 0. The first-order valence-electron chi connectivity index (χ1n) is 4.49. The summed E-state index contributed by atoms with van der Waals surface area (Å²) in [4.78, 5) is 22.6. The molecule has 0 spiro atoms. The molecule has 1 rings (SSSR count). The van der Waals surface area contributed by atoms with Crippen LogP contribution in [0.2, 0.25) is 0 Å². The van der Waals surface area contributed by atoms with Crippen molar-refractivity contribution in [3.05, 3.63) is 33.4 Å². The molecule has 6 N–H and O–H groups in total. The van der Waals surface area contributed by atoms with Crippen LogP contribution in [0.5, 0.6) is 0 Å². The number of hydrogen-bond acceptors (Lipinski definition) is 4. The maximum absolute atomic E-state index is 11.7. The minimum atomic E-state index is -1.79. The second-order valence-corrected chi connectivity index (χ2v) is 4.76. The van der Waals surface area contributed by atoms with Crippen molar-refractivity contribution >= 4 is 34.3 Å². The molecule has 1 amide bonds. The molecule has 1 aromatic carbocycles. The molecule has 0 aliphatic carbocycles. The molecular weight excluding hydrogens is 321 g/mol. The largest absolute Gasteiger partial charge is 0.367 e. The summed E-state index contributed by atoms with van der Waals surface area (Å²) in [7, 11) is 0. The number of hydrogen-bond donors (Lipinski definition) is 3. The van der Waals surface area contributed by atoms with Crippen LogP contribution in [-0.4, -0.2) is 17.4 Å². The summed E-state index contributed by atoms with van der Waals surface area (Å²) in [6.45, 7) is 0. The second kappa shape index (κ2) is 4.89. The van der Waals surface area contributed by atoms with Gasteiger partial charge in [-0.1, -0.05) is 12.1 Å². The minimum Gasteiger partial charge on any atom is -0.367 e. The maximum Gasteiger partial charge on any atom is 0.252 e. The number of amides is 1. The van der Waals surface area contributed by atoms with Crippen LogP contribution in [0.15, 0.2) is 24.3 Å². The predicted molar refractivity (Wildman–Crippen MR) is 68.4 cm³/mol. The molecule has 0 aliphatic heterocycles. The summed E-state index contributed by atoms with van der Waals surface area (Å²) in [6, 6.07) is 6.93. The van der Waals surface area contributed by atoms with E-state index < -0.39 is 11.6 Å². The highest BCUT2D eigenvalue weighted by Gasteiger charge is 2.30. The number of carbonyl (C=O) groups excluding carboxylic acids is 2. The smallest absolute Gasteiger partial charge is 0.252 e. The third-order valence-corrected chi connectivity index (χ3v) is 2.73. The SMILES string of the molecule is NC(=O)C(N)(N)CC(=O)c1cccc([127I])c1. The van der Waals surface area contributed by atoms with Gasteiger partial charge in [-0.05, 0) is 34.7 Å². The van der Waals surface area contributed by atoms with E-state index in [1.54, 1.807) is 18.2 Å². The fourth-order valence-electron chi connectivity index (χ4n) is 1.12. The lowest BCUT2D eigenvalue weighted by Crippen LogP contribution is -2.60. The number of carbonyl (C=O) groups is 2. The Labute approximate surface area is 106 Å². The van der Waals surface area contributed by atoms with Gasteiger partial charge < -0.3 is 17.2 Å². The average Bonchev–Trinajstić information content (AvgIpc) is 2.16. The van der Waals surface area contributed by atoms with Crippen LogP contribution >= 0.6 is 22.6 Å². The van der Waals surface area contributed by atoms with Crippen molar-refractivity contribution in [2.75, 3.05) is 0 Å². The molecule has 0 atom stereocenters. The molecule has 0 unspecified atom stereocenters. The molecule has 0 heterocycles. The van der Waals surface area contributed by atoms with Crippen LogP contribution < -0.4 is 17.2 Å².